The Balaban J connectivity index is 3.15. The van der Waals surface area contributed by atoms with Crippen molar-refractivity contribution in [2.24, 2.45) is 0 Å². The van der Waals surface area contributed by atoms with Gasteiger partial charge in [0.15, 0.2) is 0 Å². The Hall–Kier alpha value is -2.13. The number of nitrogens with two attached hydrogens (primary N) is 1. The highest BCUT2D eigenvalue weighted by Crippen LogP contribution is 2.23. The Morgan fingerprint density at radius 3 is 2.33 bits per heavy atom. The van der Waals surface area contributed by atoms with E-state index in [0.29, 0.717) is 0 Å². The van der Waals surface area contributed by atoms with Crippen LogP contribution in [0, 0.1) is 0 Å². The predicted octanol–water partition coefficient (Wildman–Crippen LogP) is -0.151. The molecule has 0 aliphatic rings. The highest BCUT2D eigenvalue weighted by molar-refractivity contribution is 7.89. The third-order valence-electron chi connectivity index (χ3n) is 2.70. The molecular weight excluding hydrogens is 300 g/mol. The van der Waals surface area contributed by atoms with E-state index in [9.17, 15) is 18.0 Å². The van der Waals surface area contributed by atoms with E-state index in [1.54, 1.807) is 0 Å². The second kappa shape index (κ2) is 6.55. The van der Waals surface area contributed by atoms with Crippen molar-refractivity contribution >= 4 is 27.6 Å². The summed E-state index contributed by atoms with van der Waals surface area (Å²) in [6, 6.07) is 3.66. The number of esters is 2. The van der Waals surface area contributed by atoms with Crippen molar-refractivity contribution in [3.8, 4) is 0 Å². The van der Waals surface area contributed by atoms with Crippen molar-refractivity contribution in [2.45, 2.75) is 4.90 Å². The Labute approximate surface area is 122 Å². The minimum atomic E-state index is -3.97. The van der Waals surface area contributed by atoms with Gasteiger partial charge < -0.3 is 15.2 Å². The maximum absolute atomic E-state index is 12.3. The molecule has 0 amide bonds. The summed E-state index contributed by atoms with van der Waals surface area (Å²) in [5.74, 6) is -1.33. The van der Waals surface area contributed by atoms with Gasteiger partial charge in [-0.1, -0.05) is 0 Å². The molecule has 0 spiro atoms. The van der Waals surface area contributed by atoms with E-state index in [-0.39, 0.29) is 16.1 Å². The minimum absolute atomic E-state index is 0.116. The first-order valence-electron chi connectivity index (χ1n) is 5.75. The molecule has 0 fully saturated rings. The number of carbonyl (C=O) groups excluding carboxylic acids is 2. The molecule has 9 heteroatoms. The number of anilines is 1. The van der Waals surface area contributed by atoms with Gasteiger partial charge in [-0.05, 0) is 18.2 Å². The number of nitrogen functional groups attached to an aromatic ring is 1. The second-order valence-corrected chi connectivity index (χ2v) is 6.09. The van der Waals surface area contributed by atoms with E-state index in [1.807, 2.05) is 0 Å². The number of sulfonamides is 1. The first-order chi connectivity index (χ1) is 9.73. The smallest absolute Gasteiger partial charge is 0.337 e. The van der Waals surface area contributed by atoms with Crippen molar-refractivity contribution in [3.63, 3.8) is 0 Å². The van der Waals surface area contributed by atoms with Crippen molar-refractivity contribution in [3.05, 3.63) is 23.8 Å². The molecule has 0 saturated carbocycles. The molecule has 21 heavy (non-hydrogen) atoms. The zero-order valence-corrected chi connectivity index (χ0v) is 12.6. The van der Waals surface area contributed by atoms with Gasteiger partial charge in [-0.2, -0.15) is 4.31 Å². The van der Waals surface area contributed by atoms with Crippen LogP contribution >= 0.6 is 0 Å². The fraction of sp³-hybridized carbons (Fsp3) is 0.333. The number of carbonyl (C=O) groups is 2. The largest absolute Gasteiger partial charge is 0.468 e. The molecule has 2 N–H and O–H groups in total. The summed E-state index contributed by atoms with van der Waals surface area (Å²) in [7, 11) is -0.390. The molecule has 0 radical (unpaired) electrons. The molecule has 0 bridgehead atoms. The first kappa shape index (κ1) is 16.9. The lowest BCUT2D eigenvalue weighted by atomic mass is 10.2. The van der Waals surface area contributed by atoms with Crippen LogP contribution in [-0.4, -0.2) is 52.5 Å². The normalized spacial score (nSPS) is 11.2. The SMILES string of the molecule is COC(=O)CN(C)S(=O)(=O)c1ccc(C(=O)OC)cc1N. The molecule has 0 heterocycles. The third-order valence-corrected chi connectivity index (χ3v) is 4.58. The topological polar surface area (TPSA) is 116 Å². The summed E-state index contributed by atoms with van der Waals surface area (Å²) >= 11 is 0. The molecule has 0 aromatic heterocycles. The van der Waals surface area contributed by atoms with Gasteiger partial charge in [-0.25, -0.2) is 13.2 Å². The number of nitrogens with zero attached hydrogens (tertiary/aromatic N) is 1. The van der Waals surface area contributed by atoms with E-state index in [2.05, 4.69) is 9.47 Å². The van der Waals surface area contributed by atoms with Crippen LogP contribution in [0.15, 0.2) is 23.1 Å². The number of methoxy groups -OCH3 is 2. The summed E-state index contributed by atoms with van der Waals surface area (Å²) < 4.78 is 34.3. The molecule has 116 valence electrons. The minimum Gasteiger partial charge on any atom is -0.468 e. The number of hydrogen-bond donors (Lipinski definition) is 1. The van der Waals surface area contributed by atoms with Crippen LogP contribution in [0.2, 0.25) is 0 Å². The van der Waals surface area contributed by atoms with Crippen LogP contribution < -0.4 is 5.73 Å². The molecule has 0 unspecified atom stereocenters. The number of rotatable bonds is 5. The fourth-order valence-corrected chi connectivity index (χ4v) is 2.74. The van der Waals surface area contributed by atoms with Gasteiger partial charge >= 0.3 is 11.9 Å². The lowest BCUT2D eigenvalue weighted by Crippen LogP contribution is -2.33. The summed E-state index contributed by atoms with van der Waals surface area (Å²) in [6.07, 6.45) is 0. The van der Waals surface area contributed by atoms with Gasteiger partial charge in [0.05, 0.1) is 25.5 Å². The Morgan fingerprint density at radius 1 is 1.24 bits per heavy atom. The second-order valence-electron chi connectivity index (χ2n) is 4.08. The molecule has 0 aliphatic heterocycles. The van der Waals surface area contributed by atoms with E-state index in [0.717, 1.165) is 11.4 Å². The van der Waals surface area contributed by atoms with Crippen molar-refractivity contribution < 1.29 is 27.5 Å². The quantitative estimate of drug-likeness (QED) is 0.593. The van der Waals surface area contributed by atoms with Crippen LogP contribution in [-0.2, 0) is 24.3 Å². The zero-order valence-electron chi connectivity index (χ0n) is 11.8. The van der Waals surface area contributed by atoms with Crippen molar-refractivity contribution in [1.29, 1.82) is 0 Å². The van der Waals surface area contributed by atoms with E-state index < -0.39 is 28.5 Å². The molecule has 1 rings (SSSR count). The molecule has 0 aliphatic carbocycles. The molecule has 1 aromatic carbocycles. The molecule has 8 nitrogen and oxygen atoms in total. The number of benzene rings is 1. The molecule has 1 aromatic rings. The monoisotopic (exact) mass is 316 g/mol. The highest BCUT2D eigenvalue weighted by Gasteiger charge is 2.26. The standard InChI is InChI=1S/C12H16N2O6S/c1-14(7-11(15)19-2)21(17,18)10-5-4-8(6-9(10)13)12(16)20-3/h4-6H,7,13H2,1-3H3. The molecule has 0 saturated heterocycles. The maximum Gasteiger partial charge on any atom is 0.337 e. The average Bonchev–Trinajstić information content (AvgIpc) is 2.45. The van der Waals surface area contributed by atoms with Gasteiger partial charge in [0.25, 0.3) is 0 Å². The van der Waals surface area contributed by atoms with E-state index in [4.69, 9.17) is 5.73 Å². The van der Waals surface area contributed by atoms with Crippen LogP contribution in [0.25, 0.3) is 0 Å². The summed E-state index contributed by atoms with van der Waals surface area (Å²) in [5.41, 5.74) is 5.68. The summed E-state index contributed by atoms with van der Waals surface area (Å²) in [5, 5.41) is 0. The van der Waals surface area contributed by atoms with Gasteiger partial charge in [0.2, 0.25) is 10.0 Å². The average molecular weight is 316 g/mol. The first-order valence-corrected chi connectivity index (χ1v) is 7.19. The Bertz CT molecular complexity index is 656. The maximum atomic E-state index is 12.3. The van der Waals surface area contributed by atoms with Gasteiger partial charge in [-0.15, -0.1) is 0 Å². The van der Waals surface area contributed by atoms with Crippen LogP contribution in [0.5, 0.6) is 0 Å². The lowest BCUT2D eigenvalue weighted by Gasteiger charge is -2.17. The van der Waals surface area contributed by atoms with Gasteiger partial charge in [-0.3, -0.25) is 4.79 Å². The highest BCUT2D eigenvalue weighted by atomic mass is 32.2. The number of ether oxygens (including phenoxy) is 2. The van der Waals surface area contributed by atoms with Gasteiger partial charge in [0.1, 0.15) is 11.4 Å². The zero-order chi connectivity index (χ0) is 16.2. The predicted molar refractivity (Wildman–Crippen MR) is 74.0 cm³/mol. The third kappa shape index (κ3) is 3.70. The fourth-order valence-electron chi connectivity index (χ4n) is 1.53. The lowest BCUT2D eigenvalue weighted by molar-refractivity contribution is -0.140. The summed E-state index contributed by atoms with van der Waals surface area (Å²) in [4.78, 5) is 22.3. The van der Waals surface area contributed by atoms with Crippen LogP contribution in [0.1, 0.15) is 10.4 Å². The Morgan fingerprint density at radius 2 is 1.86 bits per heavy atom. The van der Waals surface area contributed by atoms with Crippen molar-refractivity contribution in [2.75, 3.05) is 33.5 Å². The van der Waals surface area contributed by atoms with Crippen LogP contribution in [0.3, 0.4) is 0 Å². The summed E-state index contributed by atoms with van der Waals surface area (Å²) in [6.45, 7) is -0.447. The number of hydrogen-bond acceptors (Lipinski definition) is 7. The molecular formula is C12H16N2O6S. The van der Waals surface area contributed by atoms with Gasteiger partial charge in [0, 0.05) is 7.05 Å². The van der Waals surface area contributed by atoms with Crippen molar-refractivity contribution in [1.82, 2.24) is 4.31 Å². The molecule has 0 atom stereocenters. The van der Waals surface area contributed by atoms with E-state index in [1.165, 1.54) is 32.4 Å². The van der Waals surface area contributed by atoms with E-state index >= 15 is 0 Å². The van der Waals surface area contributed by atoms with Crippen LogP contribution in [0.4, 0.5) is 5.69 Å². The Kier molecular flexibility index (Phi) is 5.28. The number of likely N-dealkylation sites (N-methyl/N-ethyl adjacent to an activating group) is 1.